The number of carbonyl (C=O) groups excluding carboxylic acids is 1. The molecule has 1 saturated heterocycles. The maximum atomic E-state index is 13.4. The summed E-state index contributed by atoms with van der Waals surface area (Å²) in [5.74, 6) is 3.23. The average Bonchev–Trinajstić information content (AvgIpc) is 3.28. The Morgan fingerprint density at radius 3 is 2.30 bits per heavy atom. The molecule has 7 rings (SSSR count). The summed E-state index contributed by atoms with van der Waals surface area (Å²) in [5.41, 5.74) is 1.14. The molecule has 2 aromatic rings. The fourth-order valence-electron chi connectivity index (χ4n) is 6.38. The van der Waals surface area contributed by atoms with Gasteiger partial charge in [-0.2, -0.15) is 0 Å². The van der Waals surface area contributed by atoms with E-state index in [-0.39, 0.29) is 5.91 Å². The van der Waals surface area contributed by atoms with E-state index in [4.69, 9.17) is 23.8 Å². The maximum absolute atomic E-state index is 13.4. The van der Waals surface area contributed by atoms with Crippen LogP contribution in [0.1, 0.15) is 37.0 Å². The number of amides is 1. The average molecular weight is 472 g/mol. The monoisotopic (exact) mass is 471 g/mol. The first-order valence-electron chi connectivity index (χ1n) is 10.7. The summed E-state index contributed by atoms with van der Waals surface area (Å²) in [7, 11) is 0. The number of hydrogen-bond acceptors (Lipinski definition) is 4. The van der Waals surface area contributed by atoms with Crippen molar-refractivity contribution in [3.05, 3.63) is 51.2 Å². The molecule has 6 heteroatoms. The van der Waals surface area contributed by atoms with E-state index < -0.39 is 0 Å². The number of thiophene rings is 1. The molecule has 4 saturated carbocycles. The lowest BCUT2D eigenvalue weighted by molar-refractivity contribution is -0.130. The van der Waals surface area contributed by atoms with Crippen molar-refractivity contribution >= 4 is 63.2 Å². The molecule has 1 amide bonds. The Hall–Kier alpha value is -1.14. The molecule has 0 atom stereocenters. The fourth-order valence-corrected chi connectivity index (χ4v) is 8.88. The number of hydrogen-bond donors (Lipinski definition) is 0. The van der Waals surface area contributed by atoms with Crippen molar-refractivity contribution in [2.24, 2.45) is 23.7 Å². The van der Waals surface area contributed by atoms with Crippen molar-refractivity contribution in [2.75, 3.05) is 0 Å². The number of benzene rings is 1. The lowest BCUT2D eigenvalue weighted by Gasteiger charge is -2.56. The van der Waals surface area contributed by atoms with Gasteiger partial charge >= 0.3 is 0 Å². The predicted molar refractivity (Wildman–Crippen MR) is 131 cm³/mol. The molecule has 4 bridgehead atoms. The number of halogens is 1. The van der Waals surface area contributed by atoms with Gasteiger partial charge in [-0.25, -0.2) is 0 Å². The fraction of sp³-hybridized carbons (Fsp3) is 0.417. The van der Waals surface area contributed by atoms with Crippen LogP contribution in [0.2, 0.25) is 5.02 Å². The number of thiocarbonyl (C=S) groups is 1. The first-order valence-corrected chi connectivity index (χ1v) is 13.1. The molecule has 4 aliphatic carbocycles. The van der Waals surface area contributed by atoms with E-state index in [9.17, 15) is 4.79 Å². The van der Waals surface area contributed by atoms with Gasteiger partial charge in [0.2, 0.25) is 0 Å². The molecule has 5 fully saturated rings. The summed E-state index contributed by atoms with van der Waals surface area (Å²) in [6.45, 7) is 0. The zero-order chi connectivity index (χ0) is 20.4. The molecule has 0 spiro atoms. The molecule has 1 aliphatic heterocycles. The minimum absolute atomic E-state index is 0.129. The van der Waals surface area contributed by atoms with Crippen LogP contribution in [-0.4, -0.2) is 21.2 Å². The molecule has 1 aromatic carbocycles. The van der Waals surface area contributed by atoms with Gasteiger partial charge in [-0.05, 0) is 91.7 Å². The molecule has 2 heterocycles. The molecule has 154 valence electrons. The summed E-state index contributed by atoms with van der Waals surface area (Å²) >= 11 is 14.9. The first-order chi connectivity index (χ1) is 14.5. The van der Waals surface area contributed by atoms with Crippen LogP contribution in [0.5, 0.6) is 0 Å². The largest absolute Gasteiger partial charge is 0.289 e. The third kappa shape index (κ3) is 3.29. The molecular formula is C24H22ClNOS3. The second-order valence-corrected chi connectivity index (χ2v) is 12.4. The highest BCUT2D eigenvalue weighted by molar-refractivity contribution is 8.26. The summed E-state index contributed by atoms with van der Waals surface area (Å²) in [6.07, 6.45) is 8.63. The van der Waals surface area contributed by atoms with Crippen LogP contribution >= 0.6 is 46.9 Å². The minimum Gasteiger partial charge on any atom is -0.289 e. The zero-order valence-corrected chi connectivity index (χ0v) is 19.6. The van der Waals surface area contributed by atoms with E-state index in [0.29, 0.717) is 17.9 Å². The second-order valence-electron chi connectivity index (χ2n) is 9.18. The third-order valence-corrected chi connectivity index (χ3v) is 9.99. The molecule has 5 aliphatic rings. The van der Waals surface area contributed by atoms with Crippen LogP contribution in [0.15, 0.2) is 41.3 Å². The molecule has 2 nitrogen and oxygen atoms in total. The van der Waals surface area contributed by atoms with Crippen molar-refractivity contribution in [3.63, 3.8) is 0 Å². The van der Waals surface area contributed by atoms with Gasteiger partial charge in [-0.1, -0.05) is 47.7 Å². The number of rotatable bonds is 3. The van der Waals surface area contributed by atoms with Gasteiger partial charge in [-0.3, -0.25) is 9.69 Å². The maximum Gasteiger partial charge on any atom is 0.266 e. The Morgan fingerprint density at radius 2 is 1.63 bits per heavy atom. The van der Waals surface area contributed by atoms with Crippen LogP contribution in [-0.2, 0) is 4.79 Å². The van der Waals surface area contributed by atoms with Gasteiger partial charge in [0.05, 0.1) is 4.91 Å². The van der Waals surface area contributed by atoms with E-state index >= 15 is 0 Å². The van der Waals surface area contributed by atoms with E-state index in [2.05, 4.69) is 12.1 Å². The van der Waals surface area contributed by atoms with Crippen LogP contribution in [0, 0.1) is 23.7 Å². The van der Waals surface area contributed by atoms with Crippen molar-refractivity contribution in [1.29, 1.82) is 0 Å². The Kier molecular flexibility index (Phi) is 4.87. The van der Waals surface area contributed by atoms with Crippen molar-refractivity contribution in [1.82, 2.24) is 4.90 Å². The van der Waals surface area contributed by atoms with Crippen LogP contribution < -0.4 is 0 Å². The molecule has 0 unspecified atom stereocenters. The molecular weight excluding hydrogens is 450 g/mol. The molecule has 1 aromatic heterocycles. The summed E-state index contributed by atoms with van der Waals surface area (Å²) in [4.78, 5) is 18.4. The smallest absolute Gasteiger partial charge is 0.266 e. The van der Waals surface area contributed by atoms with Gasteiger partial charge in [0, 0.05) is 20.8 Å². The summed E-state index contributed by atoms with van der Waals surface area (Å²) in [5, 5.41) is 0.740. The van der Waals surface area contributed by atoms with Crippen LogP contribution in [0.3, 0.4) is 0 Å². The van der Waals surface area contributed by atoms with Gasteiger partial charge in [0.15, 0.2) is 0 Å². The quantitative estimate of drug-likeness (QED) is 0.352. The normalized spacial score (nSPS) is 33.8. The number of thioether (sulfide) groups is 1. The number of nitrogens with zero attached hydrogens (tertiary/aromatic N) is 1. The Balaban J connectivity index is 1.25. The first kappa shape index (κ1) is 19.5. The topological polar surface area (TPSA) is 20.3 Å². The predicted octanol–water partition coefficient (Wildman–Crippen LogP) is 7.09. The van der Waals surface area contributed by atoms with Gasteiger partial charge in [0.25, 0.3) is 5.91 Å². The standard InChI is InChI=1S/C24H22ClNOS3/c25-18-3-1-15(2-4-18)20-6-5-19(29-20)12-21-23(27)26(24(28)30-21)22-16-8-13-7-14(10-16)11-17(22)9-13/h1-6,12-14,16-17,22H,7-11H2. The van der Waals surface area contributed by atoms with Gasteiger partial charge in [0.1, 0.15) is 4.32 Å². The van der Waals surface area contributed by atoms with Gasteiger partial charge in [-0.15, -0.1) is 11.3 Å². The van der Waals surface area contributed by atoms with E-state index in [1.165, 1.54) is 48.7 Å². The molecule has 30 heavy (non-hydrogen) atoms. The molecule has 0 radical (unpaired) electrons. The van der Waals surface area contributed by atoms with E-state index in [0.717, 1.165) is 36.5 Å². The van der Waals surface area contributed by atoms with E-state index in [1.807, 2.05) is 35.2 Å². The van der Waals surface area contributed by atoms with E-state index in [1.54, 1.807) is 11.3 Å². The van der Waals surface area contributed by atoms with Crippen molar-refractivity contribution in [2.45, 2.75) is 38.1 Å². The Bertz CT molecular complexity index is 1030. The van der Waals surface area contributed by atoms with Crippen LogP contribution in [0.25, 0.3) is 16.5 Å². The minimum atomic E-state index is 0.129. The second kappa shape index (κ2) is 7.47. The summed E-state index contributed by atoms with van der Waals surface area (Å²) < 4.78 is 0.762. The van der Waals surface area contributed by atoms with Crippen molar-refractivity contribution < 1.29 is 4.79 Å². The Labute approximate surface area is 195 Å². The van der Waals surface area contributed by atoms with Crippen LogP contribution in [0.4, 0.5) is 0 Å². The zero-order valence-electron chi connectivity index (χ0n) is 16.4. The SMILES string of the molecule is O=C1C(=Cc2ccc(-c3ccc(Cl)cc3)s2)SC(=S)N1C1C2CC3CC(C2)CC1C3. The summed E-state index contributed by atoms with van der Waals surface area (Å²) in [6, 6.07) is 12.4. The number of carbonyl (C=O) groups is 1. The lowest BCUT2D eigenvalue weighted by Crippen LogP contribution is -2.57. The highest BCUT2D eigenvalue weighted by Gasteiger charge is 2.53. The van der Waals surface area contributed by atoms with Gasteiger partial charge < -0.3 is 0 Å². The Morgan fingerprint density at radius 1 is 0.967 bits per heavy atom. The molecule has 0 N–H and O–H groups in total. The lowest BCUT2D eigenvalue weighted by atomic mass is 9.54. The van der Waals surface area contributed by atoms with Crippen molar-refractivity contribution in [3.8, 4) is 10.4 Å². The third-order valence-electron chi connectivity index (χ3n) is 7.33. The highest BCUT2D eigenvalue weighted by atomic mass is 35.5. The highest BCUT2D eigenvalue weighted by Crippen LogP contribution is 2.56.